The maximum absolute atomic E-state index is 12.5. The average molecular weight is 357 g/mol. The van der Waals surface area contributed by atoms with Gasteiger partial charge in [-0.2, -0.15) is 0 Å². The number of benzene rings is 2. The molecule has 1 N–H and O–H groups in total. The summed E-state index contributed by atoms with van der Waals surface area (Å²) in [7, 11) is 0. The number of halogens is 1. The topological polar surface area (TPSA) is 64.4 Å². The Balaban J connectivity index is 1.77. The Morgan fingerprint density at radius 2 is 2.00 bits per heavy atom. The molecule has 0 radical (unpaired) electrons. The second-order valence-corrected chi connectivity index (χ2v) is 6.02. The van der Waals surface area contributed by atoms with Gasteiger partial charge in [-0.15, -0.1) is 0 Å². The predicted octanol–water partition coefficient (Wildman–Crippen LogP) is 4.78. The summed E-state index contributed by atoms with van der Waals surface area (Å²) in [6.45, 7) is 3.90. The second kappa shape index (κ2) is 7.40. The molecule has 0 aliphatic heterocycles. The minimum Gasteiger partial charge on any atom is -0.488 e. The van der Waals surface area contributed by atoms with E-state index in [4.69, 9.17) is 20.9 Å². The van der Waals surface area contributed by atoms with Crippen molar-refractivity contribution in [3.8, 4) is 5.75 Å². The van der Waals surface area contributed by atoms with Crippen LogP contribution in [0.15, 0.2) is 53.1 Å². The van der Waals surface area contributed by atoms with Crippen molar-refractivity contribution >= 4 is 23.2 Å². The number of hydrogen-bond acceptors (Lipinski definition) is 4. The van der Waals surface area contributed by atoms with Crippen LogP contribution in [0.5, 0.6) is 5.75 Å². The zero-order valence-electron chi connectivity index (χ0n) is 13.9. The summed E-state index contributed by atoms with van der Waals surface area (Å²) < 4.78 is 11.0. The van der Waals surface area contributed by atoms with Gasteiger partial charge in [-0.1, -0.05) is 41.0 Å². The number of rotatable bonds is 5. The minimum atomic E-state index is -0.373. The number of para-hydroxylation sites is 1. The van der Waals surface area contributed by atoms with E-state index in [1.807, 2.05) is 31.2 Å². The van der Waals surface area contributed by atoms with E-state index in [1.165, 1.54) is 0 Å². The van der Waals surface area contributed by atoms with Crippen LogP contribution in [0.25, 0.3) is 0 Å². The molecule has 1 aromatic heterocycles. The van der Waals surface area contributed by atoms with E-state index in [2.05, 4.69) is 10.5 Å². The molecule has 1 amide bonds. The van der Waals surface area contributed by atoms with Crippen LogP contribution in [0, 0.1) is 13.8 Å². The van der Waals surface area contributed by atoms with Crippen LogP contribution in [0.2, 0.25) is 5.02 Å². The molecule has 6 heteroatoms. The third-order valence-electron chi connectivity index (χ3n) is 3.75. The number of carbonyl (C=O) groups excluding carboxylic acids is 1. The van der Waals surface area contributed by atoms with Gasteiger partial charge in [0.2, 0.25) is 0 Å². The highest BCUT2D eigenvalue weighted by Gasteiger charge is 2.20. The molecule has 3 rings (SSSR count). The summed E-state index contributed by atoms with van der Waals surface area (Å²) in [4.78, 5) is 12.5. The van der Waals surface area contributed by atoms with Crippen molar-refractivity contribution in [1.29, 1.82) is 0 Å². The zero-order valence-corrected chi connectivity index (χ0v) is 14.6. The fourth-order valence-corrected chi connectivity index (χ4v) is 2.55. The fraction of sp³-hybridized carbons (Fsp3) is 0.158. The molecular formula is C19H17ClN2O3. The van der Waals surface area contributed by atoms with Crippen LogP contribution in [0.4, 0.5) is 5.69 Å². The van der Waals surface area contributed by atoms with Gasteiger partial charge >= 0.3 is 0 Å². The third-order valence-corrected chi connectivity index (χ3v) is 3.98. The molecule has 0 fully saturated rings. The molecule has 0 spiro atoms. The fourth-order valence-electron chi connectivity index (χ4n) is 2.36. The molecule has 0 saturated carbocycles. The Morgan fingerprint density at radius 3 is 2.76 bits per heavy atom. The van der Waals surface area contributed by atoms with Crippen LogP contribution >= 0.6 is 11.6 Å². The first kappa shape index (κ1) is 17.0. The van der Waals surface area contributed by atoms with E-state index in [1.54, 1.807) is 31.2 Å². The van der Waals surface area contributed by atoms with Crippen molar-refractivity contribution in [3.05, 3.63) is 76.1 Å². The van der Waals surface area contributed by atoms with Gasteiger partial charge in [0, 0.05) is 10.7 Å². The summed E-state index contributed by atoms with van der Waals surface area (Å²) in [5, 5.41) is 7.17. The molecule has 0 unspecified atom stereocenters. The van der Waals surface area contributed by atoms with Gasteiger partial charge in [0.15, 0.2) is 5.69 Å². The summed E-state index contributed by atoms with van der Waals surface area (Å²) in [5.41, 5.74) is 2.42. The van der Waals surface area contributed by atoms with Crippen LogP contribution in [-0.4, -0.2) is 11.1 Å². The lowest BCUT2D eigenvalue weighted by atomic mass is 10.2. The van der Waals surface area contributed by atoms with Gasteiger partial charge in [-0.05, 0) is 43.7 Å². The monoisotopic (exact) mass is 356 g/mol. The number of ether oxygens (including phenoxy) is 1. The Hall–Kier alpha value is -2.79. The number of anilines is 1. The smallest absolute Gasteiger partial charge is 0.278 e. The average Bonchev–Trinajstić information content (AvgIpc) is 2.95. The Morgan fingerprint density at radius 1 is 1.20 bits per heavy atom. The molecule has 5 nitrogen and oxygen atoms in total. The Labute approximate surface area is 150 Å². The quantitative estimate of drug-likeness (QED) is 0.714. The first-order valence-electron chi connectivity index (χ1n) is 7.75. The van der Waals surface area contributed by atoms with Gasteiger partial charge in [0.1, 0.15) is 18.1 Å². The number of hydrogen-bond donors (Lipinski definition) is 1. The highest BCUT2D eigenvalue weighted by Crippen LogP contribution is 2.22. The standard InChI is InChI=1S/C19H17ClN2O3/c1-12-6-3-4-9-17(12)24-11-16-13(2)25-22-18(16)19(23)21-15-8-5-7-14(20)10-15/h3-10H,11H2,1-2H3,(H,21,23). The van der Waals surface area contributed by atoms with Gasteiger partial charge < -0.3 is 14.6 Å². The van der Waals surface area contributed by atoms with Crippen LogP contribution < -0.4 is 10.1 Å². The molecule has 3 aromatic rings. The summed E-state index contributed by atoms with van der Waals surface area (Å²) in [6.07, 6.45) is 0. The highest BCUT2D eigenvalue weighted by atomic mass is 35.5. The first-order chi connectivity index (χ1) is 12.0. The number of aromatic nitrogens is 1. The lowest BCUT2D eigenvalue weighted by Gasteiger charge is -2.09. The van der Waals surface area contributed by atoms with E-state index in [9.17, 15) is 4.79 Å². The van der Waals surface area contributed by atoms with Gasteiger partial charge in [-0.25, -0.2) is 0 Å². The maximum Gasteiger partial charge on any atom is 0.278 e. The molecule has 0 bridgehead atoms. The molecule has 1 heterocycles. The number of nitrogens with one attached hydrogen (secondary N) is 1. The van der Waals surface area contributed by atoms with Crippen molar-refractivity contribution in [3.63, 3.8) is 0 Å². The maximum atomic E-state index is 12.5. The lowest BCUT2D eigenvalue weighted by molar-refractivity contribution is 0.101. The van der Waals surface area contributed by atoms with Crippen LogP contribution in [0.3, 0.4) is 0 Å². The van der Waals surface area contributed by atoms with Crippen LogP contribution in [-0.2, 0) is 6.61 Å². The molecule has 0 aliphatic rings. The normalized spacial score (nSPS) is 10.5. The van der Waals surface area contributed by atoms with Crippen molar-refractivity contribution < 1.29 is 14.1 Å². The van der Waals surface area contributed by atoms with Crippen molar-refractivity contribution in [2.45, 2.75) is 20.5 Å². The summed E-state index contributed by atoms with van der Waals surface area (Å²) in [6, 6.07) is 14.6. The van der Waals surface area contributed by atoms with Gasteiger partial charge in [-0.3, -0.25) is 4.79 Å². The SMILES string of the molecule is Cc1ccccc1OCc1c(C(=O)Nc2cccc(Cl)c2)noc1C. The van der Waals surface area contributed by atoms with Gasteiger partial charge in [0.25, 0.3) is 5.91 Å². The summed E-state index contributed by atoms with van der Waals surface area (Å²) in [5.74, 6) is 0.927. The van der Waals surface area contributed by atoms with Crippen LogP contribution in [0.1, 0.15) is 27.4 Å². The van der Waals surface area contributed by atoms with Crippen molar-refractivity contribution in [2.24, 2.45) is 0 Å². The van der Waals surface area contributed by atoms with E-state index >= 15 is 0 Å². The van der Waals surface area contributed by atoms with E-state index < -0.39 is 0 Å². The number of amides is 1. The number of nitrogens with zero attached hydrogens (tertiary/aromatic N) is 1. The van der Waals surface area contributed by atoms with Crippen molar-refractivity contribution in [1.82, 2.24) is 5.16 Å². The number of aryl methyl sites for hydroxylation is 2. The first-order valence-corrected chi connectivity index (χ1v) is 8.13. The van der Waals surface area contributed by atoms with E-state index in [0.29, 0.717) is 22.0 Å². The minimum absolute atomic E-state index is 0.193. The molecular weight excluding hydrogens is 340 g/mol. The largest absolute Gasteiger partial charge is 0.488 e. The molecule has 128 valence electrons. The second-order valence-electron chi connectivity index (χ2n) is 5.58. The third kappa shape index (κ3) is 4.00. The molecule has 0 aliphatic carbocycles. The molecule has 0 atom stereocenters. The molecule has 25 heavy (non-hydrogen) atoms. The van der Waals surface area contributed by atoms with E-state index in [-0.39, 0.29) is 18.2 Å². The van der Waals surface area contributed by atoms with E-state index in [0.717, 1.165) is 11.3 Å². The highest BCUT2D eigenvalue weighted by molar-refractivity contribution is 6.30. The number of carbonyl (C=O) groups is 1. The zero-order chi connectivity index (χ0) is 17.8. The van der Waals surface area contributed by atoms with Crippen molar-refractivity contribution in [2.75, 3.05) is 5.32 Å². The molecule has 2 aromatic carbocycles. The predicted molar refractivity (Wildman–Crippen MR) is 96.2 cm³/mol. The Kier molecular flexibility index (Phi) is 5.05. The summed E-state index contributed by atoms with van der Waals surface area (Å²) >= 11 is 5.94. The Bertz CT molecular complexity index is 905. The molecule has 0 saturated heterocycles. The lowest BCUT2D eigenvalue weighted by Crippen LogP contribution is -2.15. The van der Waals surface area contributed by atoms with Gasteiger partial charge in [0.05, 0.1) is 5.56 Å².